The molecule has 0 spiro atoms. The zero-order chi connectivity index (χ0) is 12.0. The number of hydrogen-bond donors (Lipinski definition) is 1. The molecule has 1 aromatic carbocycles. The molecule has 0 fully saturated rings. The lowest BCUT2D eigenvalue weighted by Gasteiger charge is -2.21. The molecule has 0 heterocycles. The van der Waals surface area contributed by atoms with Crippen LogP contribution in [0.3, 0.4) is 0 Å². The summed E-state index contributed by atoms with van der Waals surface area (Å²) in [5.74, 6) is -0.181. The predicted octanol–water partition coefficient (Wildman–Crippen LogP) is 2.65. The van der Waals surface area contributed by atoms with E-state index in [-0.39, 0.29) is 5.82 Å². The minimum absolute atomic E-state index is 0.181. The van der Waals surface area contributed by atoms with Crippen molar-refractivity contribution in [3.63, 3.8) is 0 Å². The molecule has 1 atom stereocenters. The van der Waals surface area contributed by atoms with Gasteiger partial charge in [0.15, 0.2) is 0 Å². The van der Waals surface area contributed by atoms with Gasteiger partial charge >= 0.3 is 0 Å². The van der Waals surface area contributed by atoms with E-state index in [1.807, 2.05) is 13.1 Å². The number of nitrogens with zero attached hydrogens (tertiary/aromatic N) is 1. The summed E-state index contributed by atoms with van der Waals surface area (Å²) in [6.07, 6.45) is 1.13. The topological polar surface area (TPSA) is 15.3 Å². The first kappa shape index (κ1) is 13.0. The Morgan fingerprint density at radius 1 is 1.44 bits per heavy atom. The molecular formula is C13H21FN2. The van der Waals surface area contributed by atoms with Gasteiger partial charge in [-0.15, -0.1) is 0 Å². The van der Waals surface area contributed by atoms with Gasteiger partial charge in [-0.2, -0.15) is 0 Å². The third kappa shape index (κ3) is 4.19. The molecule has 1 aromatic rings. The second kappa shape index (κ2) is 6.48. The average Bonchev–Trinajstić information content (AvgIpc) is 2.28. The fourth-order valence-electron chi connectivity index (χ4n) is 1.47. The molecule has 90 valence electrons. The highest BCUT2D eigenvalue weighted by Gasteiger charge is 2.02. The highest BCUT2D eigenvalue weighted by molar-refractivity contribution is 5.45. The van der Waals surface area contributed by atoms with Crippen LogP contribution in [0.4, 0.5) is 10.1 Å². The number of likely N-dealkylation sites (N-methyl/N-ethyl adjacent to an activating group) is 1. The molecule has 3 heteroatoms. The van der Waals surface area contributed by atoms with Crippen molar-refractivity contribution in [2.24, 2.45) is 0 Å². The Hall–Kier alpha value is -1.09. The van der Waals surface area contributed by atoms with E-state index in [9.17, 15) is 4.39 Å². The Morgan fingerprint density at radius 2 is 2.19 bits per heavy atom. The number of nitrogens with one attached hydrogen (secondary N) is 1. The molecule has 0 aliphatic heterocycles. The van der Waals surface area contributed by atoms with Gasteiger partial charge in [-0.1, -0.05) is 13.0 Å². The fourth-order valence-corrected chi connectivity index (χ4v) is 1.47. The largest absolute Gasteiger partial charge is 0.373 e. The van der Waals surface area contributed by atoms with Gasteiger partial charge in [-0.3, -0.25) is 0 Å². The first-order valence-electron chi connectivity index (χ1n) is 5.83. The van der Waals surface area contributed by atoms with E-state index in [1.54, 1.807) is 12.1 Å². The van der Waals surface area contributed by atoms with Crippen LogP contribution in [0.5, 0.6) is 0 Å². The first-order valence-corrected chi connectivity index (χ1v) is 5.83. The number of hydrogen-bond acceptors (Lipinski definition) is 2. The second-order valence-electron chi connectivity index (χ2n) is 4.16. The molecular weight excluding hydrogens is 203 g/mol. The van der Waals surface area contributed by atoms with Crippen LogP contribution < -0.4 is 10.2 Å². The summed E-state index contributed by atoms with van der Waals surface area (Å²) in [6.45, 7) is 6.13. The molecule has 0 saturated carbocycles. The number of benzene rings is 1. The van der Waals surface area contributed by atoms with E-state index < -0.39 is 0 Å². The van der Waals surface area contributed by atoms with E-state index in [2.05, 4.69) is 24.1 Å². The molecule has 1 rings (SSSR count). The van der Waals surface area contributed by atoms with Gasteiger partial charge in [0.25, 0.3) is 0 Å². The summed E-state index contributed by atoms with van der Waals surface area (Å²) in [4.78, 5) is 2.05. The summed E-state index contributed by atoms with van der Waals surface area (Å²) in [5.41, 5.74) is 0.922. The molecule has 0 aromatic heterocycles. The van der Waals surface area contributed by atoms with Crippen molar-refractivity contribution in [1.29, 1.82) is 0 Å². The van der Waals surface area contributed by atoms with Crippen LogP contribution in [0.15, 0.2) is 24.3 Å². The minimum Gasteiger partial charge on any atom is -0.373 e. The van der Waals surface area contributed by atoms with Crippen LogP contribution in [-0.2, 0) is 0 Å². The summed E-state index contributed by atoms with van der Waals surface area (Å²) >= 11 is 0. The molecule has 1 unspecified atom stereocenters. The molecule has 1 N–H and O–H groups in total. The second-order valence-corrected chi connectivity index (χ2v) is 4.16. The van der Waals surface area contributed by atoms with Crippen LogP contribution in [0.2, 0.25) is 0 Å². The van der Waals surface area contributed by atoms with Gasteiger partial charge in [0, 0.05) is 31.9 Å². The van der Waals surface area contributed by atoms with Crippen molar-refractivity contribution in [3.05, 3.63) is 30.1 Å². The van der Waals surface area contributed by atoms with E-state index in [0.717, 1.165) is 25.2 Å². The Balaban J connectivity index is 2.38. The van der Waals surface area contributed by atoms with Gasteiger partial charge < -0.3 is 10.2 Å². The smallest absolute Gasteiger partial charge is 0.125 e. The Kier molecular flexibility index (Phi) is 5.26. The van der Waals surface area contributed by atoms with Gasteiger partial charge in [0.2, 0.25) is 0 Å². The zero-order valence-corrected chi connectivity index (χ0v) is 10.3. The predicted molar refractivity (Wildman–Crippen MR) is 67.4 cm³/mol. The van der Waals surface area contributed by atoms with Gasteiger partial charge in [-0.05, 0) is 31.5 Å². The van der Waals surface area contributed by atoms with Crippen LogP contribution in [-0.4, -0.2) is 26.2 Å². The van der Waals surface area contributed by atoms with Crippen LogP contribution in [0, 0.1) is 5.82 Å². The van der Waals surface area contributed by atoms with Crippen LogP contribution in [0.25, 0.3) is 0 Å². The summed E-state index contributed by atoms with van der Waals surface area (Å²) < 4.78 is 13.0. The van der Waals surface area contributed by atoms with Crippen LogP contribution in [0.1, 0.15) is 20.3 Å². The molecule has 2 nitrogen and oxygen atoms in total. The molecule has 16 heavy (non-hydrogen) atoms. The fraction of sp³-hybridized carbons (Fsp3) is 0.538. The lowest BCUT2D eigenvalue weighted by Crippen LogP contribution is -2.33. The molecule has 0 aliphatic rings. The zero-order valence-electron chi connectivity index (χ0n) is 10.3. The maximum atomic E-state index is 13.0. The van der Waals surface area contributed by atoms with E-state index in [0.29, 0.717) is 6.04 Å². The molecule has 0 amide bonds. The van der Waals surface area contributed by atoms with Gasteiger partial charge in [-0.25, -0.2) is 4.39 Å². The van der Waals surface area contributed by atoms with Crippen molar-refractivity contribution >= 4 is 5.69 Å². The highest BCUT2D eigenvalue weighted by atomic mass is 19.1. The third-order valence-corrected chi connectivity index (χ3v) is 2.80. The van der Waals surface area contributed by atoms with E-state index in [1.165, 1.54) is 6.07 Å². The standard InChI is InChI=1S/C13H21FN2/c1-4-11(2)15-8-9-16(3)13-7-5-6-12(14)10-13/h5-7,10-11,15H,4,8-9H2,1-3H3. The lowest BCUT2D eigenvalue weighted by molar-refractivity contribution is 0.537. The number of anilines is 1. The summed E-state index contributed by atoms with van der Waals surface area (Å²) in [6, 6.07) is 7.23. The molecule has 0 bridgehead atoms. The molecule has 0 aliphatic carbocycles. The summed E-state index contributed by atoms with van der Waals surface area (Å²) in [5, 5.41) is 3.41. The van der Waals surface area contributed by atoms with Crippen molar-refractivity contribution in [2.75, 3.05) is 25.0 Å². The van der Waals surface area contributed by atoms with Crippen LogP contribution >= 0.6 is 0 Å². The Morgan fingerprint density at radius 3 is 2.81 bits per heavy atom. The normalized spacial score (nSPS) is 12.5. The van der Waals surface area contributed by atoms with Crippen molar-refractivity contribution < 1.29 is 4.39 Å². The lowest BCUT2D eigenvalue weighted by atomic mass is 10.2. The maximum Gasteiger partial charge on any atom is 0.125 e. The number of rotatable bonds is 6. The minimum atomic E-state index is -0.181. The van der Waals surface area contributed by atoms with E-state index in [4.69, 9.17) is 0 Å². The molecule has 0 saturated heterocycles. The van der Waals surface area contributed by atoms with Crippen molar-refractivity contribution in [2.45, 2.75) is 26.3 Å². The van der Waals surface area contributed by atoms with Crippen molar-refractivity contribution in [3.8, 4) is 0 Å². The average molecular weight is 224 g/mol. The highest BCUT2D eigenvalue weighted by Crippen LogP contribution is 2.12. The Labute approximate surface area is 97.5 Å². The maximum absolute atomic E-state index is 13.0. The quantitative estimate of drug-likeness (QED) is 0.799. The monoisotopic (exact) mass is 224 g/mol. The number of halogens is 1. The SMILES string of the molecule is CCC(C)NCCN(C)c1cccc(F)c1. The third-order valence-electron chi connectivity index (χ3n) is 2.80. The van der Waals surface area contributed by atoms with E-state index >= 15 is 0 Å². The van der Waals surface area contributed by atoms with Gasteiger partial charge in [0.1, 0.15) is 5.82 Å². The molecule has 0 radical (unpaired) electrons. The van der Waals surface area contributed by atoms with Gasteiger partial charge in [0.05, 0.1) is 0 Å². The summed E-state index contributed by atoms with van der Waals surface area (Å²) in [7, 11) is 1.98. The Bertz CT molecular complexity index is 315. The first-order chi connectivity index (χ1) is 7.63. The van der Waals surface area contributed by atoms with Crippen molar-refractivity contribution in [1.82, 2.24) is 5.32 Å².